The second-order valence-corrected chi connectivity index (χ2v) is 8.29. The van der Waals surface area contributed by atoms with E-state index in [-0.39, 0.29) is 36.1 Å². The van der Waals surface area contributed by atoms with Crippen molar-refractivity contribution in [1.82, 2.24) is 19.8 Å². The largest absolute Gasteiger partial charge is 0.454 e. The van der Waals surface area contributed by atoms with Crippen LogP contribution in [0.4, 0.5) is 0 Å². The molecular weight excluding hydrogens is 424 g/mol. The van der Waals surface area contributed by atoms with Crippen molar-refractivity contribution in [3.8, 4) is 11.5 Å². The van der Waals surface area contributed by atoms with Gasteiger partial charge in [0, 0.05) is 31.5 Å². The molecule has 0 saturated carbocycles. The minimum atomic E-state index is -0.355. The first-order chi connectivity index (χ1) is 16.0. The van der Waals surface area contributed by atoms with Crippen molar-refractivity contribution < 1.29 is 19.1 Å². The third kappa shape index (κ3) is 4.13. The summed E-state index contributed by atoms with van der Waals surface area (Å²) in [6.07, 6.45) is 3.32. The van der Waals surface area contributed by atoms with Crippen molar-refractivity contribution in [3.63, 3.8) is 0 Å². The number of hydrogen-bond donors (Lipinski definition) is 1. The number of nitrogens with one attached hydrogen (secondary N) is 1. The average molecular weight is 448 g/mol. The lowest BCUT2D eigenvalue weighted by atomic mass is 10.1. The summed E-state index contributed by atoms with van der Waals surface area (Å²) < 4.78 is 12.3. The van der Waals surface area contributed by atoms with Gasteiger partial charge in [-0.3, -0.25) is 14.4 Å². The van der Waals surface area contributed by atoms with Crippen LogP contribution in [-0.4, -0.2) is 46.1 Å². The highest BCUT2D eigenvalue weighted by atomic mass is 16.7. The number of benzene rings is 1. The summed E-state index contributed by atoms with van der Waals surface area (Å²) in [5.41, 5.74) is 1.69. The summed E-state index contributed by atoms with van der Waals surface area (Å²) >= 11 is 0. The van der Waals surface area contributed by atoms with Crippen molar-refractivity contribution >= 4 is 22.8 Å². The van der Waals surface area contributed by atoms with Crippen LogP contribution in [0.1, 0.15) is 34.5 Å². The van der Waals surface area contributed by atoms with Crippen LogP contribution >= 0.6 is 0 Å². The van der Waals surface area contributed by atoms with E-state index >= 15 is 0 Å². The number of hydrogen-bond acceptors (Lipinski definition) is 6. The number of carbonyl (C=O) groups excluding carboxylic acids is 2. The Morgan fingerprint density at radius 1 is 1.09 bits per heavy atom. The van der Waals surface area contributed by atoms with E-state index in [4.69, 9.17) is 9.47 Å². The first-order valence-electron chi connectivity index (χ1n) is 10.9. The Morgan fingerprint density at radius 3 is 2.70 bits per heavy atom. The third-order valence-electron chi connectivity index (χ3n) is 5.92. The van der Waals surface area contributed by atoms with Crippen molar-refractivity contribution in [1.29, 1.82) is 0 Å². The van der Waals surface area contributed by atoms with Crippen LogP contribution in [0.3, 0.4) is 0 Å². The van der Waals surface area contributed by atoms with E-state index in [2.05, 4.69) is 10.3 Å². The van der Waals surface area contributed by atoms with E-state index in [0.29, 0.717) is 42.2 Å². The van der Waals surface area contributed by atoms with Gasteiger partial charge in [0.2, 0.25) is 18.1 Å². The Morgan fingerprint density at radius 2 is 1.88 bits per heavy atom. The molecule has 9 nitrogen and oxygen atoms in total. The molecule has 2 aliphatic rings. The number of amides is 2. The smallest absolute Gasteiger partial charge is 0.259 e. The molecule has 1 saturated heterocycles. The predicted octanol–water partition coefficient (Wildman–Crippen LogP) is 1.99. The van der Waals surface area contributed by atoms with Crippen LogP contribution in [-0.2, 0) is 17.9 Å². The van der Waals surface area contributed by atoms with Crippen LogP contribution in [0.15, 0.2) is 41.3 Å². The molecule has 2 aromatic heterocycles. The fourth-order valence-electron chi connectivity index (χ4n) is 4.19. The number of aryl methyl sites for hydroxylation is 1. The first-order valence-corrected chi connectivity index (χ1v) is 10.9. The van der Waals surface area contributed by atoms with Crippen molar-refractivity contribution in [2.45, 2.75) is 32.9 Å². The Balaban J connectivity index is 1.40. The number of carbonyl (C=O) groups is 2. The maximum absolute atomic E-state index is 13.1. The zero-order chi connectivity index (χ0) is 22.9. The van der Waals surface area contributed by atoms with Crippen LogP contribution in [0.5, 0.6) is 11.5 Å². The van der Waals surface area contributed by atoms with Gasteiger partial charge in [0.15, 0.2) is 11.5 Å². The second-order valence-electron chi connectivity index (χ2n) is 8.29. The quantitative estimate of drug-likeness (QED) is 0.640. The molecule has 1 N–H and O–H groups in total. The minimum Gasteiger partial charge on any atom is -0.454 e. The summed E-state index contributed by atoms with van der Waals surface area (Å²) in [6, 6.07) is 8.90. The molecule has 1 aromatic carbocycles. The highest BCUT2D eigenvalue weighted by molar-refractivity contribution is 5.97. The molecule has 0 unspecified atom stereocenters. The zero-order valence-electron chi connectivity index (χ0n) is 18.3. The fraction of sp³-hybridized carbons (Fsp3) is 0.333. The Labute approximate surface area is 189 Å². The molecule has 1 fully saturated rings. The molecule has 0 atom stereocenters. The first kappa shape index (κ1) is 21.0. The van der Waals surface area contributed by atoms with Crippen molar-refractivity contribution in [3.05, 3.63) is 63.6 Å². The second kappa shape index (κ2) is 8.57. The van der Waals surface area contributed by atoms with Crippen LogP contribution in [0.25, 0.3) is 11.0 Å². The van der Waals surface area contributed by atoms with Crippen LogP contribution in [0, 0.1) is 6.92 Å². The number of aromatic nitrogens is 2. The van der Waals surface area contributed by atoms with E-state index < -0.39 is 0 Å². The molecule has 2 aliphatic heterocycles. The Bertz CT molecular complexity index is 1310. The summed E-state index contributed by atoms with van der Waals surface area (Å²) in [5, 5.41) is 3.21. The van der Waals surface area contributed by atoms with Gasteiger partial charge >= 0.3 is 0 Å². The number of fused-ring (bicyclic) bond motifs is 2. The molecular formula is C24H24N4O5. The van der Waals surface area contributed by atoms with Gasteiger partial charge in [0.05, 0.1) is 5.39 Å². The Kier molecular flexibility index (Phi) is 5.45. The van der Waals surface area contributed by atoms with E-state index in [1.54, 1.807) is 21.6 Å². The number of ether oxygens (including phenoxy) is 2. The summed E-state index contributed by atoms with van der Waals surface area (Å²) in [4.78, 5) is 45.0. The molecule has 3 aromatic rings. The number of pyridine rings is 2. The van der Waals surface area contributed by atoms with E-state index in [1.165, 1.54) is 6.20 Å². The van der Waals surface area contributed by atoms with Crippen molar-refractivity contribution in [2.24, 2.45) is 0 Å². The molecule has 0 aliphatic carbocycles. The van der Waals surface area contributed by atoms with E-state index in [1.807, 2.05) is 25.1 Å². The lowest BCUT2D eigenvalue weighted by Gasteiger charge is -2.17. The number of likely N-dealkylation sites (tertiary alicyclic amines) is 1. The van der Waals surface area contributed by atoms with Crippen LogP contribution in [0.2, 0.25) is 0 Å². The van der Waals surface area contributed by atoms with Gasteiger partial charge in [0.1, 0.15) is 17.8 Å². The standard InChI is InChI=1S/C24H24N4O5/c1-15-4-6-17-22(30)18(24(31)27-8-2-3-9-27)12-28(23(17)26-15)13-21(29)25-11-16-5-7-19-20(10-16)33-14-32-19/h4-7,10,12H,2-3,8-9,11,13-14H2,1H3,(H,25,29). The lowest BCUT2D eigenvalue weighted by molar-refractivity contribution is -0.121. The molecule has 2 amide bonds. The molecule has 0 radical (unpaired) electrons. The SMILES string of the molecule is Cc1ccc2c(=O)c(C(=O)N3CCCC3)cn(CC(=O)NCc3ccc4c(c3)OCO4)c2n1. The fourth-order valence-corrected chi connectivity index (χ4v) is 4.19. The van der Waals surface area contributed by atoms with Crippen molar-refractivity contribution in [2.75, 3.05) is 19.9 Å². The van der Waals surface area contributed by atoms with Gasteiger partial charge in [0.25, 0.3) is 5.91 Å². The van der Waals surface area contributed by atoms with Gasteiger partial charge in [-0.25, -0.2) is 4.98 Å². The minimum absolute atomic E-state index is 0.0682. The monoisotopic (exact) mass is 448 g/mol. The highest BCUT2D eigenvalue weighted by Gasteiger charge is 2.24. The summed E-state index contributed by atoms with van der Waals surface area (Å²) in [5.74, 6) is 0.773. The van der Waals surface area contributed by atoms with Gasteiger partial charge in [-0.05, 0) is 49.6 Å². The molecule has 4 heterocycles. The van der Waals surface area contributed by atoms with E-state index in [0.717, 1.165) is 24.1 Å². The predicted molar refractivity (Wildman–Crippen MR) is 120 cm³/mol. The number of nitrogens with zero attached hydrogens (tertiary/aromatic N) is 3. The topological polar surface area (TPSA) is 103 Å². The van der Waals surface area contributed by atoms with Crippen LogP contribution < -0.4 is 20.2 Å². The third-order valence-corrected chi connectivity index (χ3v) is 5.92. The lowest BCUT2D eigenvalue weighted by Crippen LogP contribution is -2.34. The van der Waals surface area contributed by atoms with Gasteiger partial charge in [-0.2, -0.15) is 0 Å². The normalized spacial score (nSPS) is 14.6. The van der Waals surface area contributed by atoms with Gasteiger partial charge < -0.3 is 24.3 Å². The summed E-state index contributed by atoms with van der Waals surface area (Å²) in [6.45, 7) is 3.52. The highest BCUT2D eigenvalue weighted by Crippen LogP contribution is 2.32. The summed E-state index contributed by atoms with van der Waals surface area (Å²) in [7, 11) is 0. The average Bonchev–Trinajstić information content (AvgIpc) is 3.51. The Hall–Kier alpha value is -3.88. The van der Waals surface area contributed by atoms with Gasteiger partial charge in [-0.1, -0.05) is 6.07 Å². The maximum Gasteiger partial charge on any atom is 0.259 e. The molecule has 170 valence electrons. The molecule has 0 bridgehead atoms. The molecule has 0 spiro atoms. The maximum atomic E-state index is 13.1. The zero-order valence-corrected chi connectivity index (χ0v) is 18.3. The number of rotatable bonds is 5. The van der Waals surface area contributed by atoms with E-state index in [9.17, 15) is 14.4 Å². The molecule has 5 rings (SSSR count). The molecule has 33 heavy (non-hydrogen) atoms. The van der Waals surface area contributed by atoms with Gasteiger partial charge in [-0.15, -0.1) is 0 Å². The molecule has 9 heteroatoms.